The van der Waals surface area contributed by atoms with Crippen LogP contribution in [-0.2, 0) is 0 Å². The summed E-state index contributed by atoms with van der Waals surface area (Å²) in [5.74, 6) is 2.05. The van der Waals surface area contributed by atoms with Gasteiger partial charge in [-0.25, -0.2) is 9.78 Å². The highest BCUT2D eigenvalue weighted by atomic mass is 32.2. The number of hydrogen-bond donors (Lipinski definition) is 1. The molecule has 1 aromatic heterocycles. The number of urea groups is 1. The highest BCUT2D eigenvalue weighted by Gasteiger charge is 2.20. The maximum absolute atomic E-state index is 12.2. The van der Waals surface area contributed by atoms with Gasteiger partial charge in [0.2, 0.25) is 0 Å². The number of amides is 2. The summed E-state index contributed by atoms with van der Waals surface area (Å²) >= 11 is 3.49. The van der Waals surface area contributed by atoms with Crippen molar-refractivity contribution < 1.29 is 4.79 Å². The van der Waals surface area contributed by atoms with Crippen molar-refractivity contribution in [3.8, 4) is 11.3 Å². The first-order chi connectivity index (χ1) is 10.7. The number of thioether (sulfide) groups is 1. The lowest BCUT2D eigenvalue weighted by molar-refractivity contribution is 0.199. The number of rotatable bonds is 3. The van der Waals surface area contributed by atoms with Crippen molar-refractivity contribution in [2.45, 2.75) is 13.0 Å². The number of nitrogens with zero attached hydrogens (tertiary/aromatic N) is 2. The number of thiazole rings is 1. The number of aromatic nitrogens is 1. The fraction of sp³-hybridized carbons (Fsp3) is 0.375. The van der Waals surface area contributed by atoms with Gasteiger partial charge in [-0.05, 0) is 6.92 Å². The van der Waals surface area contributed by atoms with Crippen LogP contribution in [0.1, 0.15) is 18.0 Å². The molecule has 1 fully saturated rings. The van der Waals surface area contributed by atoms with Gasteiger partial charge in [-0.2, -0.15) is 11.8 Å². The Labute approximate surface area is 138 Å². The van der Waals surface area contributed by atoms with Crippen molar-refractivity contribution in [1.82, 2.24) is 15.2 Å². The SMILES string of the molecule is C[C@@H](NC(=O)N1CCSCC1)c1nc(-c2ccccc2)cs1. The van der Waals surface area contributed by atoms with E-state index < -0.39 is 0 Å². The predicted molar refractivity (Wildman–Crippen MR) is 93.4 cm³/mol. The van der Waals surface area contributed by atoms with Crippen molar-refractivity contribution in [2.24, 2.45) is 0 Å². The lowest BCUT2D eigenvalue weighted by atomic mass is 10.2. The molecule has 6 heteroatoms. The molecular formula is C16H19N3OS2. The van der Waals surface area contributed by atoms with Gasteiger partial charge in [-0.15, -0.1) is 11.3 Å². The fourth-order valence-electron chi connectivity index (χ4n) is 2.33. The largest absolute Gasteiger partial charge is 0.329 e. The van der Waals surface area contributed by atoms with E-state index in [1.54, 1.807) is 11.3 Å². The van der Waals surface area contributed by atoms with Gasteiger partial charge in [-0.3, -0.25) is 0 Å². The molecule has 1 aliphatic rings. The molecule has 0 radical (unpaired) electrons. The molecule has 3 rings (SSSR count). The number of nitrogens with one attached hydrogen (secondary N) is 1. The lowest BCUT2D eigenvalue weighted by Gasteiger charge is -2.27. The Balaban J connectivity index is 1.64. The van der Waals surface area contributed by atoms with Gasteiger partial charge in [0.15, 0.2) is 0 Å². The average molecular weight is 333 g/mol. The smallest absolute Gasteiger partial charge is 0.318 e. The van der Waals surface area contributed by atoms with Crippen molar-refractivity contribution in [3.63, 3.8) is 0 Å². The minimum Gasteiger partial charge on any atom is -0.329 e. The van der Waals surface area contributed by atoms with E-state index in [-0.39, 0.29) is 12.1 Å². The van der Waals surface area contributed by atoms with Crippen LogP contribution in [0.4, 0.5) is 4.79 Å². The third-order valence-electron chi connectivity index (χ3n) is 3.60. The van der Waals surface area contributed by atoms with Crippen molar-refractivity contribution in [1.29, 1.82) is 0 Å². The second kappa shape index (κ2) is 7.15. The lowest BCUT2D eigenvalue weighted by Crippen LogP contribution is -2.45. The Bertz CT molecular complexity index is 623. The molecule has 116 valence electrons. The van der Waals surface area contributed by atoms with Crippen LogP contribution in [0.2, 0.25) is 0 Å². The first-order valence-corrected chi connectivity index (χ1v) is 9.41. The number of carbonyl (C=O) groups is 1. The Morgan fingerprint density at radius 2 is 2.00 bits per heavy atom. The van der Waals surface area contributed by atoms with E-state index in [9.17, 15) is 4.79 Å². The minimum absolute atomic E-state index is 0.0178. The van der Waals surface area contributed by atoms with E-state index in [2.05, 4.69) is 10.3 Å². The van der Waals surface area contributed by atoms with Gasteiger partial charge >= 0.3 is 6.03 Å². The van der Waals surface area contributed by atoms with Gasteiger partial charge in [0.1, 0.15) is 5.01 Å². The standard InChI is InChI=1S/C16H19N3OS2/c1-12(17-16(20)19-7-9-21-10-8-19)15-18-14(11-22-15)13-5-3-2-4-6-13/h2-6,11-12H,7-10H2,1H3,(H,17,20)/t12-/m1/s1. The molecule has 22 heavy (non-hydrogen) atoms. The quantitative estimate of drug-likeness (QED) is 0.933. The summed E-state index contributed by atoms with van der Waals surface area (Å²) in [6.45, 7) is 3.65. The Kier molecular flexibility index (Phi) is 5.00. The van der Waals surface area contributed by atoms with Gasteiger partial charge in [0, 0.05) is 35.5 Å². The Morgan fingerprint density at radius 1 is 1.27 bits per heavy atom. The Hall–Kier alpha value is -1.53. The molecule has 1 aliphatic heterocycles. The van der Waals surface area contributed by atoms with Crippen LogP contribution in [0.3, 0.4) is 0 Å². The minimum atomic E-state index is -0.0652. The van der Waals surface area contributed by atoms with E-state index >= 15 is 0 Å². The third-order valence-corrected chi connectivity index (χ3v) is 5.57. The number of carbonyl (C=O) groups excluding carboxylic acids is 1. The molecule has 1 atom stereocenters. The normalized spacial score (nSPS) is 16.3. The Morgan fingerprint density at radius 3 is 2.73 bits per heavy atom. The molecule has 0 spiro atoms. The molecule has 0 saturated carbocycles. The van der Waals surface area contributed by atoms with Crippen LogP contribution in [0.25, 0.3) is 11.3 Å². The molecule has 2 aromatic rings. The van der Waals surface area contributed by atoms with E-state index in [1.165, 1.54) is 0 Å². The molecule has 1 N–H and O–H groups in total. The molecule has 4 nitrogen and oxygen atoms in total. The molecule has 2 amide bonds. The molecule has 0 bridgehead atoms. The monoisotopic (exact) mass is 333 g/mol. The summed E-state index contributed by atoms with van der Waals surface area (Å²) in [6.07, 6.45) is 0. The third kappa shape index (κ3) is 3.62. The second-order valence-electron chi connectivity index (χ2n) is 5.21. The molecular weight excluding hydrogens is 314 g/mol. The van der Waals surface area contributed by atoms with Crippen LogP contribution in [-0.4, -0.2) is 40.5 Å². The first kappa shape index (κ1) is 15.4. The highest BCUT2D eigenvalue weighted by molar-refractivity contribution is 7.99. The summed E-state index contributed by atoms with van der Waals surface area (Å²) in [5, 5.41) is 6.05. The fourth-order valence-corrected chi connectivity index (χ4v) is 4.07. The second-order valence-corrected chi connectivity index (χ2v) is 7.32. The van der Waals surface area contributed by atoms with Gasteiger partial charge in [0.25, 0.3) is 0 Å². The van der Waals surface area contributed by atoms with E-state index in [4.69, 9.17) is 0 Å². The van der Waals surface area contributed by atoms with Crippen molar-refractivity contribution >= 4 is 29.1 Å². The van der Waals surface area contributed by atoms with Gasteiger partial charge < -0.3 is 10.2 Å². The van der Waals surface area contributed by atoms with Crippen LogP contribution in [0.15, 0.2) is 35.7 Å². The number of hydrogen-bond acceptors (Lipinski definition) is 4. The predicted octanol–water partition coefficient (Wildman–Crippen LogP) is 3.63. The summed E-state index contributed by atoms with van der Waals surface area (Å²) in [4.78, 5) is 18.8. The van der Waals surface area contributed by atoms with Crippen molar-refractivity contribution in [2.75, 3.05) is 24.6 Å². The first-order valence-electron chi connectivity index (χ1n) is 7.38. The average Bonchev–Trinajstić information content (AvgIpc) is 3.06. The maximum atomic E-state index is 12.2. The zero-order chi connectivity index (χ0) is 15.4. The molecule has 0 unspecified atom stereocenters. The maximum Gasteiger partial charge on any atom is 0.318 e. The van der Waals surface area contributed by atoms with Gasteiger partial charge in [-0.1, -0.05) is 30.3 Å². The summed E-state index contributed by atoms with van der Waals surface area (Å²) in [5.41, 5.74) is 2.08. The van der Waals surface area contributed by atoms with Crippen LogP contribution in [0.5, 0.6) is 0 Å². The van der Waals surface area contributed by atoms with Crippen LogP contribution in [0, 0.1) is 0 Å². The highest BCUT2D eigenvalue weighted by Crippen LogP contribution is 2.25. The van der Waals surface area contributed by atoms with Crippen LogP contribution >= 0.6 is 23.1 Å². The van der Waals surface area contributed by atoms with Crippen LogP contribution < -0.4 is 5.32 Å². The summed E-state index contributed by atoms with van der Waals surface area (Å²) in [7, 11) is 0. The molecule has 1 saturated heterocycles. The van der Waals surface area contributed by atoms with E-state index in [1.807, 2.05) is 59.3 Å². The zero-order valence-corrected chi connectivity index (χ0v) is 14.1. The van der Waals surface area contributed by atoms with Gasteiger partial charge in [0.05, 0.1) is 11.7 Å². The number of benzene rings is 1. The van der Waals surface area contributed by atoms with E-state index in [0.29, 0.717) is 0 Å². The summed E-state index contributed by atoms with van der Waals surface area (Å²) < 4.78 is 0. The zero-order valence-electron chi connectivity index (χ0n) is 12.5. The molecule has 2 heterocycles. The summed E-state index contributed by atoms with van der Waals surface area (Å²) in [6, 6.07) is 10.1. The molecule has 1 aromatic carbocycles. The van der Waals surface area contributed by atoms with Crippen molar-refractivity contribution in [3.05, 3.63) is 40.7 Å². The van der Waals surface area contributed by atoms with E-state index in [0.717, 1.165) is 40.9 Å². The molecule has 0 aliphatic carbocycles. The topological polar surface area (TPSA) is 45.2 Å².